The first-order valence-corrected chi connectivity index (χ1v) is 9.50. The van der Waals surface area contributed by atoms with E-state index in [4.69, 9.17) is 5.11 Å². The van der Waals surface area contributed by atoms with Gasteiger partial charge in [-0.3, -0.25) is 4.79 Å². The van der Waals surface area contributed by atoms with Crippen LogP contribution in [-0.2, 0) is 14.6 Å². The van der Waals surface area contributed by atoms with Crippen molar-refractivity contribution in [3.8, 4) is 0 Å². The summed E-state index contributed by atoms with van der Waals surface area (Å²) in [6, 6.07) is 11.1. The molecule has 23 heavy (non-hydrogen) atoms. The molecule has 0 radical (unpaired) electrons. The number of hydrogen-bond donors (Lipinski definition) is 1. The van der Waals surface area contributed by atoms with Crippen molar-refractivity contribution in [2.75, 3.05) is 5.75 Å². The maximum absolute atomic E-state index is 12.6. The number of rotatable bonds is 8. The third kappa shape index (κ3) is 4.55. The molecule has 0 aromatic heterocycles. The molecule has 0 fully saturated rings. The highest BCUT2D eigenvalue weighted by Crippen LogP contribution is 2.26. The van der Waals surface area contributed by atoms with E-state index in [2.05, 4.69) is 0 Å². The van der Waals surface area contributed by atoms with Gasteiger partial charge >= 0.3 is 5.97 Å². The molecule has 0 heterocycles. The van der Waals surface area contributed by atoms with Crippen LogP contribution < -0.4 is 0 Å². The van der Waals surface area contributed by atoms with E-state index in [-0.39, 0.29) is 12.2 Å². The van der Waals surface area contributed by atoms with Gasteiger partial charge in [0.1, 0.15) is 0 Å². The zero-order chi connectivity index (χ0) is 16.9. The van der Waals surface area contributed by atoms with E-state index in [1.54, 1.807) is 12.1 Å². The van der Waals surface area contributed by atoms with Crippen LogP contribution >= 0.6 is 0 Å². The number of benzene rings is 2. The summed E-state index contributed by atoms with van der Waals surface area (Å²) in [7, 11) is -3.32. The second-order valence-electron chi connectivity index (χ2n) is 5.80. The summed E-state index contributed by atoms with van der Waals surface area (Å²) in [6.07, 6.45) is 2.79. The van der Waals surface area contributed by atoms with E-state index in [1.807, 2.05) is 31.2 Å². The summed E-state index contributed by atoms with van der Waals surface area (Å²) in [5, 5.41) is 10.3. The Morgan fingerprint density at radius 3 is 2.35 bits per heavy atom. The fourth-order valence-corrected chi connectivity index (χ4v) is 4.34. The van der Waals surface area contributed by atoms with Crippen LogP contribution in [0.5, 0.6) is 0 Å². The van der Waals surface area contributed by atoms with E-state index >= 15 is 0 Å². The fourth-order valence-electron chi connectivity index (χ4n) is 2.74. The number of aryl methyl sites for hydroxylation is 1. The van der Waals surface area contributed by atoms with Gasteiger partial charge in [0.2, 0.25) is 0 Å². The highest BCUT2D eigenvalue weighted by atomic mass is 32.2. The van der Waals surface area contributed by atoms with Crippen molar-refractivity contribution in [2.24, 2.45) is 0 Å². The van der Waals surface area contributed by atoms with Crippen LogP contribution in [0.1, 0.15) is 37.7 Å². The zero-order valence-corrected chi connectivity index (χ0v) is 14.1. The number of carboxylic acids is 1. The fraction of sp³-hybridized carbons (Fsp3) is 0.389. The predicted octanol–water partition coefficient (Wildman–Crippen LogP) is 3.96. The third-order valence-corrected chi connectivity index (χ3v) is 5.84. The van der Waals surface area contributed by atoms with Gasteiger partial charge in [0.15, 0.2) is 9.84 Å². The smallest absolute Gasteiger partial charge is 0.303 e. The summed E-state index contributed by atoms with van der Waals surface area (Å²) >= 11 is 0. The number of hydrogen-bond acceptors (Lipinski definition) is 3. The molecule has 0 atom stereocenters. The minimum atomic E-state index is -3.32. The molecule has 0 amide bonds. The summed E-state index contributed by atoms with van der Waals surface area (Å²) in [6.45, 7) is 1.97. The minimum Gasteiger partial charge on any atom is -0.481 e. The van der Waals surface area contributed by atoms with Gasteiger partial charge in [-0.2, -0.15) is 0 Å². The summed E-state index contributed by atoms with van der Waals surface area (Å²) in [5.74, 6) is -0.698. The van der Waals surface area contributed by atoms with Crippen molar-refractivity contribution in [2.45, 2.75) is 43.9 Å². The molecule has 2 aromatic rings. The van der Waals surface area contributed by atoms with Crippen molar-refractivity contribution in [1.82, 2.24) is 0 Å². The molecule has 0 saturated carbocycles. The lowest BCUT2D eigenvalue weighted by atomic mass is 10.1. The topological polar surface area (TPSA) is 71.4 Å². The zero-order valence-electron chi connectivity index (χ0n) is 13.3. The maximum atomic E-state index is 12.6. The molecule has 0 aliphatic carbocycles. The summed E-state index contributed by atoms with van der Waals surface area (Å²) in [4.78, 5) is 10.8. The molecular weight excluding hydrogens is 312 g/mol. The summed E-state index contributed by atoms with van der Waals surface area (Å²) < 4.78 is 25.2. The molecule has 0 saturated heterocycles. The monoisotopic (exact) mass is 334 g/mol. The quantitative estimate of drug-likeness (QED) is 0.742. The van der Waals surface area contributed by atoms with Crippen LogP contribution in [0, 0.1) is 6.92 Å². The first kappa shape index (κ1) is 17.5. The standard InChI is InChI=1S/C18H22O4S/c1-14-8-6-10-16-15(14)9-7-11-17(16)23(21,22)13-5-3-2-4-12-18(19)20/h6-11H,2-5,12-13H2,1H3,(H,19,20). The van der Waals surface area contributed by atoms with Gasteiger partial charge in [0, 0.05) is 11.8 Å². The third-order valence-electron chi connectivity index (χ3n) is 3.99. The molecule has 0 unspecified atom stereocenters. The van der Waals surface area contributed by atoms with E-state index in [1.165, 1.54) is 0 Å². The van der Waals surface area contributed by atoms with Gasteiger partial charge in [0.05, 0.1) is 10.6 Å². The SMILES string of the molecule is Cc1cccc2c(S(=O)(=O)CCCCCCC(=O)O)cccc12. The molecule has 4 nitrogen and oxygen atoms in total. The molecule has 0 spiro atoms. The van der Waals surface area contributed by atoms with Crippen LogP contribution in [0.3, 0.4) is 0 Å². The predicted molar refractivity (Wildman–Crippen MR) is 91.5 cm³/mol. The van der Waals surface area contributed by atoms with Gasteiger partial charge in [0.25, 0.3) is 0 Å². The number of sulfone groups is 1. The lowest BCUT2D eigenvalue weighted by molar-refractivity contribution is -0.137. The lowest BCUT2D eigenvalue weighted by Crippen LogP contribution is -2.07. The average molecular weight is 334 g/mol. The maximum Gasteiger partial charge on any atom is 0.303 e. The second-order valence-corrected chi connectivity index (χ2v) is 7.88. The van der Waals surface area contributed by atoms with Gasteiger partial charge in [-0.25, -0.2) is 8.42 Å². The Balaban J connectivity index is 2.06. The van der Waals surface area contributed by atoms with Crippen molar-refractivity contribution in [3.05, 3.63) is 42.0 Å². The average Bonchev–Trinajstić information content (AvgIpc) is 2.50. The number of carboxylic acid groups (broad SMARTS) is 1. The Labute approximate surface area is 137 Å². The molecular formula is C18H22O4S. The highest BCUT2D eigenvalue weighted by molar-refractivity contribution is 7.91. The molecule has 0 aliphatic heterocycles. The van der Waals surface area contributed by atoms with Crippen LogP contribution in [0.15, 0.2) is 41.3 Å². The first-order chi connectivity index (χ1) is 10.9. The van der Waals surface area contributed by atoms with Gasteiger partial charge in [-0.05, 0) is 36.8 Å². The number of fused-ring (bicyclic) bond motifs is 1. The molecule has 1 N–H and O–H groups in total. The molecule has 124 valence electrons. The van der Waals surface area contributed by atoms with Crippen LogP contribution in [0.4, 0.5) is 0 Å². The van der Waals surface area contributed by atoms with E-state index in [0.717, 1.165) is 29.2 Å². The van der Waals surface area contributed by atoms with Gasteiger partial charge in [-0.1, -0.05) is 43.2 Å². The Bertz CT molecular complexity index is 794. The summed E-state index contributed by atoms with van der Waals surface area (Å²) in [5.41, 5.74) is 1.06. The van der Waals surface area contributed by atoms with E-state index in [0.29, 0.717) is 17.7 Å². The van der Waals surface area contributed by atoms with Crippen LogP contribution in [0.25, 0.3) is 10.8 Å². The molecule has 0 aliphatic rings. The van der Waals surface area contributed by atoms with Crippen LogP contribution in [0.2, 0.25) is 0 Å². The van der Waals surface area contributed by atoms with Crippen molar-refractivity contribution in [1.29, 1.82) is 0 Å². The van der Waals surface area contributed by atoms with Gasteiger partial charge in [-0.15, -0.1) is 0 Å². The minimum absolute atomic E-state index is 0.104. The molecule has 2 rings (SSSR count). The van der Waals surface area contributed by atoms with E-state index in [9.17, 15) is 13.2 Å². The number of unbranched alkanes of at least 4 members (excludes halogenated alkanes) is 3. The number of carbonyl (C=O) groups is 1. The first-order valence-electron chi connectivity index (χ1n) is 7.85. The Morgan fingerprint density at radius 1 is 0.957 bits per heavy atom. The van der Waals surface area contributed by atoms with Gasteiger partial charge < -0.3 is 5.11 Å². The normalized spacial score (nSPS) is 11.7. The molecule has 0 bridgehead atoms. The van der Waals surface area contributed by atoms with Crippen molar-refractivity contribution < 1.29 is 18.3 Å². The van der Waals surface area contributed by atoms with Crippen LogP contribution in [-0.4, -0.2) is 25.2 Å². The van der Waals surface area contributed by atoms with Crippen molar-refractivity contribution >= 4 is 26.6 Å². The largest absolute Gasteiger partial charge is 0.481 e. The Hall–Kier alpha value is -1.88. The molecule has 5 heteroatoms. The van der Waals surface area contributed by atoms with Crippen molar-refractivity contribution in [3.63, 3.8) is 0 Å². The Kier molecular flexibility index (Phi) is 5.77. The van der Waals surface area contributed by atoms with E-state index < -0.39 is 15.8 Å². The highest BCUT2D eigenvalue weighted by Gasteiger charge is 2.17. The number of aliphatic carboxylic acids is 1. The Morgan fingerprint density at radius 2 is 1.61 bits per heavy atom. The molecule has 2 aromatic carbocycles. The lowest BCUT2D eigenvalue weighted by Gasteiger charge is -2.09. The second kappa shape index (κ2) is 7.59.